The number of anilines is 1. The molecule has 0 aromatic heterocycles. The van der Waals surface area contributed by atoms with Crippen LogP contribution in [0.4, 0.5) is 11.4 Å². The Kier molecular flexibility index (Phi) is 6.51. The number of halogens is 1. The summed E-state index contributed by atoms with van der Waals surface area (Å²) in [4.78, 5) is 34.4. The van der Waals surface area contributed by atoms with Gasteiger partial charge in [-0.05, 0) is 54.1 Å². The number of rotatable bonds is 6. The molecule has 2 amide bonds. The summed E-state index contributed by atoms with van der Waals surface area (Å²) in [5.74, 6) is -0.791. The normalized spacial score (nSPS) is 10.6. The second kappa shape index (κ2) is 9.44. The standard InChI is InChI=1S/C21H15ClN4O4/c22-17-8-4-15(5-9-17)20(27)24-18-3-1-2-14(12-18)13-23-25-21(28)16-6-10-19(11-7-16)26(29)30/h1-13H,(H,24,27)(H,25,28). The van der Waals surface area contributed by atoms with E-state index in [1.54, 1.807) is 48.5 Å². The van der Waals surface area contributed by atoms with Crippen molar-refractivity contribution in [3.05, 3.63) is 105 Å². The smallest absolute Gasteiger partial charge is 0.271 e. The summed E-state index contributed by atoms with van der Waals surface area (Å²) in [5.41, 5.74) is 4.15. The number of nitro groups is 1. The highest BCUT2D eigenvalue weighted by Gasteiger charge is 2.09. The molecule has 2 N–H and O–H groups in total. The van der Waals surface area contributed by atoms with E-state index < -0.39 is 10.8 Å². The van der Waals surface area contributed by atoms with Crippen LogP contribution in [0.15, 0.2) is 77.9 Å². The third-order valence-electron chi connectivity index (χ3n) is 3.97. The van der Waals surface area contributed by atoms with Crippen LogP contribution >= 0.6 is 11.6 Å². The second-order valence-corrected chi connectivity index (χ2v) is 6.53. The van der Waals surface area contributed by atoms with Gasteiger partial charge in [0, 0.05) is 34.0 Å². The highest BCUT2D eigenvalue weighted by molar-refractivity contribution is 6.30. The lowest BCUT2D eigenvalue weighted by Gasteiger charge is -2.06. The summed E-state index contributed by atoms with van der Waals surface area (Å²) in [6.45, 7) is 0. The molecule has 0 radical (unpaired) electrons. The molecule has 3 rings (SSSR count). The van der Waals surface area contributed by atoms with Crippen LogP contribution in [-0.4, -0.2) is 23.0 Å². The average molecular weight is 423 g/mol. The van der Waals surface area contributed by atoms with Crippen LogP contribution in [-0.2, 0) is 0 Å². The maximum Gasteiger partial charge on any atom is 0.271 e. The predicted molar refractivity (Wildman–Crippen MR) is 114 cm³/mol. The van der Waals surface area contributed by atoms with Crippen LogP contribution in [0.2, 0.25) is 5.02 Å². The Morgan fingerprint density at radius 2 is 1.57 bits per heavy atom. The first kappa shape index (κ1) is 20.7. The Balaban J connectivity index is 1.61. The van der Waals surface area contributed by atoms with Gasteiger partial charge in [-0.2, -0.15) is 5.10 Å². The minimum absolute atomic E-state index is 0.104. The van der Waals surface area contributed by atoms with Crippen molar-refractivity contribution in [2.75, 3.05) is 5.32 Å². The number of benzene rings is 3. The van der Waals surface area contributed by atoms with Gasteiger partial charge in [0.15, 0.2) is 0 Å². The van der Waals surface area contributed by atoms with Crippen molar-refractivity contribution in [3.8, 4) is 0 Å². The minimum Gasteiger partial charge on any atom is -0.322 e. The van der Waals surface area contributed by atoms with Gasteiger partial charge in [0.05, 0.1) is 11.1 Å². The van der Waals surface area contributed by atoms with E-state index in [0.717, 1.165) is 0 Å². The van der Waals surface area contributed by atoms with Crippen LogP contribution < -0.4 is 10.7 Å². The van der Waals surface area contributed by atoms with Crippen LogP contribution in [0, 0.1) is 10.1 Å². The van der Waals surface area contributed by atoms with Gasteiger partial charge < -0.3 is 5.32 Å². The van der Waals surface area contributed by atoms with E-state index in [2.05, 4.69) is 15.8 Å². The largest absolute Gasteiger partial charge is 0.322 e. The monoisotopic (exact) mass is 422 g/mol. The number of nitrogens with one attached hydrogen (secondary N) is 2. The number of non-ortho nitro benzene ring substituents is 1. The number of hydrazone groups is 1. The van der Waals surface area contributed by atoms with E-state index in [1.807, 2.05) is 0 Å². The molecule has 0 aliphatic heterocycles. The Labute approximate surface area is 176 Å². The average Bonchev–Trinajstić information content (AvgIpc) is 2.74. The molecular weight excluding hydrogens is 408 g/mol. The maximum absolute atomic E-state index is 12.3. The van der Waals surface area contributed by atoms with Gasteiger partial charge in [0.2, 0.25) is 0 Å². The second-order valence-electron chi connectivity index (χ2n) is 6.09. The molecule has 0 saturated carbocycles. The van der Waals surface area contributed by atoms with Crippen molar-refractivity contribution in [2.24, 2.45) is 5.10 Å². The molecule has 0 spiro atoms. The van der Waals surface area contributed by atoms with Crippen molar-refractivity contribution in [1.82, 2.24) is 5.43 Å². The molecule has 0 bridgehead atoms. The fraction of sp³-hybridized carbons (Fsp3) is 0. The molecule has 0 unspecified atom stereocenters. The molecule has 0 fully saturated rings. The maximum atomic E-state index is 12.3. The van der Waals surface area contributed by atoms with Gasteiger partial charge in [0.25, 0.3) is 17.5 Å². The Morgan fingerprint density at radius 1 is 0.933 bits per heavy atom. The summed E-state index contributed by atoms with van der Waals surface area (Å²) in [7, 11) is 0. The van der Waals surface area contributed by atoms with E-state index in [1.165, 1.54) is 30.5 Å². The van der Waals surface area contributed by atoms with Crippen molar-refractivity contribution in [3.63, 3.8) is 0 Å². The molecule has 30 heavy (non-hydrogen) atoms. The number of amides is 2. The lowest BCUT2D eigenvalue weighted by molar-refractivity contribution is -0.384. The summed E-state index contributed by atoms with van der Waals surface area (Å²) in [6, 6.07) is 18.6. The summed E-state index contributed by atoms with van der Waals surface area (Å²) >= 11 is 5.82. The molecule has 9 heteroatoms. The van der Waals surface area contributed by atoms with Crippen molar-refractivity contribution >= 4 is 41.0 Å². The van der Waals surface area contributed by atoms with Gasteiger partial charge in [-0.1, -0.05) is 23.7 Å². The van der Waals surface area contributed by atoms with Gasteiger partial charge in [0.1, 0.15) is 0 Å². The SMILES string of the molecule is O=C(NN=Cc1cccc(NC(=O)c2ccc(Cl)cc2)c1)c1ccc([N+](=O)[O-])cc1. The van der Waals surface area contributed by atoms with Crippen molar-refractivity contribution < 1.29 is 14.5 Å². The highest BCUT2D eigenvalue weighted by atomic mass is 35.5. The number of nitrogens with zero attached hydrogens (tertiary/aromatic N) is 2. The predicted octanol–water partition coefficient (Wildman–Crippen LogP) is 4.26. The summed E-state index contributed by atoms with van der Waals surface area (Å²) in [6.07, 6.45) is 1.42. The number of nitro benzene ring substituents is 1. The van der Waals surface area contributed by atoms with E-state index in [4.69, 9.17) is 11.6 Å². The molecule has 3 aromatic rings. The summed E-state index contributed by atoms with van der Waals surface area (Å²) < 4.78 is 0. The van der Waals surface area contributed by atoms with Crippen LogP contribution in [0.25, 0.3) is 0 Å². The van der Waals surface area contributed by atoms with Crippen molar-refractivity contribution in [1.29, 1.82) is 0 Å². The van der Waals surface area contributed by atoms with Crippen LogP contribution in [0.3, 0.4) is 0 Å². The van der Waals surface area contributed by atoms with Crippen LogP contribution in [0.1, 0.15) is 26.3 Å². The molecule has 0 saturated heterocycles. The fourth-order valence-corrected chi connectivity index (χ4v) is 2.59. The molecule has 8 nitrogen and oxygen atoms in total. The first-order chi connectivity index (χ1) is 14.4. The molecule has 3 aromatic carbocycles. The zero-order chi connectivity index (χ0) is 21.5. The first-order valence-corrected chi connectivity index (χ1v) is 9.05. The van der Waals surface area contributed by atoms with E-state index >= 15 is 0 Å². The Bertz CT molecular complexity index is 1110. The van der Waals surface area contributed by atoms with Crippen molar-refractivity contribution in [2.45, 2.75) is 0 Å². The van der Waals surface area contributed by atoms with Gasteiger partial charge in [-0.3, -0.25) is 19.7 Å². The van der Waals surface area contributed by atoms with Gasteiger partial charge >= 0.3 is 0 Å². The number of hydrogen-bond donors (Lipinski definition) is 2. The number of hydrogen-bond acceptors (Lipinski definition) is 5. The number of carbonyl (C=O) groups excluding carboxylic acids is 2. The number of carbonyl (C=O) groups is 2. The molecule has 0 aliphatic rings. The quantitative estimate of drug-likeness (QED) is 0.351. The lowest BCUT2D eigenvalue weighted by Crippen LogP contribution is -2.17. The third-order valence-corrected chi connectivity index (χ3v) is 4.22. The van der Waals surface area contributed by atoms with Gasteiger partial charge in [-0.15, -0.1) is 0 Å². The molecule has 0 aliphatic carbocycles. The zero-order valence-corrected chi connectivity index (χ0v) is 16.2. The molecule has 0 heterocycles. The minimum atomic E-state index is -0.543. The highest BCUT2D eigenvalue weighted by Crippen LogP contribution is 2.14. The Morgan fingerprint density at radius 3 is 2.23 bits per heavy atom. The van der Waals surface area contributed by atoms with Gasteiger partial charge in [-0.25, -0.2) is 5.43 Å². The zero-order valence-electron chi connectivity index (χ0n) is 15.4. The summed E-state index contributed by atoms with van der Waals surface area (Å²) in [5, 5.41) is 17.8. The topological polar surface area (TPSA) is 114 Å². The van der Waals surface area contributed by atoms with Crippen LogP contribution in [0.5, 0.6) is 0 Å². The van der Waals surface area contributed by atoms with E-state index in [-0.39, 0.29) is 17.2 Å². The fourth-order valence-electron chi connectivity index (χ4n) is 2.47. The first-order valence-electron chi connectivity index (χ1n) is 8.67. The Hall–Kier alpha value is -4.04. The van der Waals surface area contributed by atoms with E-state index in [9.17, 15) is 19.7 Å². The molecule has 0 atom stereocenters. The molecular formula is C21H15ClN4O4. The lowest BCUT2D eigenvalue weighted by atomic mass is 10.2. The molecule has 150 valence electrons. The third kappa shape index (κ3) is 5.49. The van der Waals surface area contributed by atoms with E-state index in [0.29, 0.717) is 21.8 Å².